The molecule has 0 aliphatic rings. The molecule has 0 bridgehead atoms. The van der Waals surface area contributed by atoms with Crippen molar-refractivity contribution >= 4 is 11.8 Å². The summed E-state index contributed by atoms with van der Waals surface area (Å²) in [6.45, 7) is 2.88. The van der Waals surface area contributed by atoms with Gasteiger partial charge in [-0.25, -0.2) is 0 Å². The van der Waals surface area contributed by atoms with Crippen molar-refractivity contribution in [3.8, 4) is 11.5 Å². The number of methoxy groups -OCH3 is 3. The minimum Gasteiger partial charge on any atom is -0.493 e. The molecule has 162 valence electrons. The van der Waals surface area contributed by atoms with Gasteiger partial charge in [-0.3, -0.25) is 9.59 Å². The highest BCUT2D eigenvalue weighted by atomic mass is 16.5. The van der Waals surface area contributed by atoms with Crippen LogP contribution in [0.3, 0.4) is 0 Å². The molecule has 0 saturated carbocycles. The first-order valence-electron chi connectivity index (χ1n) is 9.81. The van der Waals surface area contributed by atoms with Crippen molar-refractivity contribution in [2.24, 2.45) is 0 Å². The molecule has 30 heavy (non-hydrogen) atoms. The van der Waals surface area contributed by atoms with Crippen LogP contribution in [0.25, 0.3) is 0 Å². The molecule has 0 radical (unpaired) electrons. The Morgan fingerprint density at radius 1 is 0.967 bits per heavy atom. The molecule has 0 aromatic heterocycles. The van der Waals surface area contributed by atoms with Gasteiger partial charge in [0.2, 0.25) is 11.8 Å². The Hall–Kier alpha value is -3.06. The molecular weight excluding hydrogens is 384 g/mol. The van der Waals surface area contributed by atoms with Crippen LogP contribution in [0.5, 0.6) is 11.5 Å². The van der Waals surface area contributed by atoms with Crippen LogP contribution < -0.4 is 14.8 Å². The summed E-state index contributed by atoms with van der Waals surface area (Å²) < 4.78 is 15.6. The van der Waals surface area contributed by atoms with Crippen LogP contribution in [0.4, 0.5) is 0 Å². The summed E-state index contributed by atoms with van der Waals surface area (Å²) in [6.07, 6.45) is 0.142. The first kappa shape index (κ1) is 23.2. The number of carbonyl (C=O) groups is 2. The average molecular weight is 415 g/mol. The maximum atomic E-state index is 13.2. The van der Waals surface area contributed by atoms with Crippen molar-refractivity contribution in [1.82, 2.24) is 10.2 Å². The molecule has 2 amide bonds. The molecule has 0 unspecified atom stereocenters. The van der Waals surface area contributed by atoms with Crippen molar-refractivity contribution in [2.45, 2.75) is 25.9 Å². The maximum absolute atomic E-state index is 13.2. The fourth-order valence-electron chi connectivity index (χ4n) is 3.05. The van der Waals surface area contributed by atoms with E-state index in [2.05, 4.69) is 5.32 Å². The smallest absolute Gasteiger partial charge is 0.242 e. The highest BCUT2D eigenvalue weighted by Crippen LogP contribution is 2.28. The number of nitrogens with zero attached hydrogens (tertiary/aromatic N) is 1. The Morgan fingerprint density at radius 2 is 1.67 bits per heavy atom. The normalized spacial score (nSPS) is 11.5. The van der Waals surface area contributed by atoms with Crippen molar-refractivity contribution in [3.05, 3.63) is 59.7 Å². The van der Waals surface area contributed by atoms with Crippen molar-refractivity contribution < 1.29 is 23.8 Å². The van der Waals surface area contributed by atoms with E-state index in [9.17, 15) is 9.59 Å². The monoisotopic (exact) mass is 414 g/mol. The van der Waals surface area contributed by atoms with Crippen LogP contribution >= 0.6 is 0 Å². The minimum absolute atomic E-state index is 0.142. The SMILES string of the molecule is COCCNC(=O)[C@H](C)N(Cc1ccccc1)C(=O)Cc1ccc(OC)c(OC)c1. The van der Waals surface area contributed by atoms with E-state index >= 15 is 0 Å². The first-order valence-corrected chi connectivity index (χ1v) is 9.81. The number of benzene rings is 2. The number of nitrogens with one attached hydrogen (secondary N) is 1. The van der Waals surface area contributed by atoms with Gasteiger partial charge in [0.25, 0.3) is 0 Å². The Morgan fingerprint density at radius 3 is 2.30 bits per heavy atom. The third-order valence-corrected chi connectivity index (χ3v) is 4.77. The molecule has 0 saturated heterocycles. The molecule has 1 N–H and O–H groups in total. The molecule has 7 nitrogen and oxygen atoms in total. The standard InChI is InChI=1S/C23H30N2O5/c1-17(23(27)24-12-13-28-2)25(16-18-8-6-5-7-9-18)22(26)15-19-10-11-20(29-3)21(14-19)30-4/h5-11,14,17H,12-13,15-16H2,1-4H3,(H,24,27)/t17-/m0/s1. The van der Waals surface area contributed by atoms with Crippen molar-refractivity contribution in [3.63, 3.8) is 0 Å². The number of ether oxygens (including phenoxy) is 3. The highest BCUT2D eigenvalue weighted by molar-refractivity contribution is 5.88. The van der Waals surface area contributed by atoms with Crippen LogP contribution in [-0.2, 0) is 27.3 Å². The topological polar surface area (TPSA) is 77.1 Å². The number of amides is 2. The van der Waals surface area contributed by atoms with Gasteiger partial charge < -0.3 is 24.4 Å². The fourth-order valence-corrected chi connectivity index (χ4v) is 3.05. The summed E-state index contributed by atoms with van der Waals surface area (Å²) in [6, 6.07) is 14.4. The lowest BCUT2D eigenvalue weighted by Crippen LogP contribution is -2.48. The van der Waals surface area contributed by atoms with Gasteiger partial charge in [-0.15, -0.1) is 0 Å². The van der Waals surface area contributed by atoms with E-state index in [1.807, 2.05) is 36.4 Å². The number of hydrogen-bond donors (Lipinski definition) is 1. The Labute approximate surface area is 177 Å². The number of hydrogen-bond acceptors (Lipinski definition) is 5. The Balaban J connectivity index is 2.20. The molecule has 0 spiro atoms. The van der Waals surface area contributed by atoms with Crippen molar-refractivity contribution in [1.29, 1.82) is 0 Å². The molecule has 2 rings (SSSR count). The summed E-state index contributed by atoms with van der Waals surface area (Å²) >= 11 is 0. The molecular formula is C23H30N2O5. The third kappa shape index (κ3) is 6.49. The van der Waals surface area contributed by atoms with Gasteiger partial charge in [0.05, 0.1) is 27.2 Å². The van der Waals surface area contributed by atoms with Gasteiger partial charge in [-0.1, -0.05) is 36.4 Å². The van der Waals surface area contributed by atoms with Crippen LogP contribution in [-0.4, -0.2) is 57.2 Å². The van der Waals surface area contributed by atoms with Crippen LogP contribution in [0.2, 0.25) is 0 Å². The lowest BCUT2D eigenvalue weighted by Gasteiger charge is -2.29. The lowest BCUT2D eigenvalue weighted by molar-refractivity contribution is -0.140. The van der Waals surface area contributed by atoms with Gasteiger partial charge in [-0.05, 0) is 30.2 Å². The largest absolute Gasteiger partial charge is 0.493 e. The number of carbonyl (C=O) groups excluding carboxylic acids is 2. The predicted molar refractivity (Wildman–Crippen MR) is 115 cm³/mol. The summed E-state index contributed by atoms with van der Waals surface area (Å²) in [5.41, 5.74) is 1.73. The molecule has 2 aromatic rings. The highest BCUT2D eigenvalue weighted by Gasteiger charge is 2.26. The molecule has 0 heterocycles. The maximum Gasteiger partial charge on any atom is 0.242 e. The Bertz CT molecular complexity index is 826. The van der Waals surface area contributed by atoms with Gasteiger partial charge in [-0.2, -0.15) is 0 Å². The van der Waals surface area contributed by atoms with Gasteiger partial charge in [0.1, 0.15) is 6.04 Å². The quantitative estimate of drug-likeness (QED) is 0.572. The summed E-state index contributed by atoms with van der Waals surface area (Å²) in [5, 5.41) is 2.81. The van der Waals surface area contributed by atoms with E-state index < -0.39 is 6.04 Å². The Kier molecular flexibility index (Phi) is 9.15. The molecule has 0 aliphatic carbocycles. The zero-order valence-electron chi connectivity index (χ0n) is 18.0. The average Bonchev–Trinajstić information content (AvgIpc) is 2.77. The molecule has 2 aromatic carbocycles. The zero-order chi connectivity index (χ0) is 21.9. The van der Waals surface area contributed by atoms with Crippen LogP contribution in [0.1, 0.15) is 18.1 Å². The summed E-state index contributed by atoms with van der Waals surface area (Å²) in [5.74, 6) is 0.785. The second-order valence-corrected chi connectivity index (χ2v) is 6.83. The van der Waals surface area contributed by atoms with E-state index in [-0.39, 0.29) is 18.2 Å². The third-order valence-electron chi connectivity index (χ3n) is 4.77. The zero-order valence-corrected chi connectivity index (χ0v) is 18.0. The molecule has 1 atom stereocenters. The second kappa shape index (κ2) is 11.8. The van der Waals surface area contributed by atoms with E-state index in [0.29, 0.717) is 31.2 Å². The van der Waals surface area contributed by atoms with Crippen LogP contribution in [0.15, 0.2) is 48.5 Å². The predicted octanol–water partition coefficient (Wildman–Crippen LogP) is 2.43. The summed E-state index contributed by atoms with van der Waals surface area (Å²) in [7, 11) is 4.69. The van der Waals surface area contributed by atoms with E-state index in [1.165, 1.54) is 0 Å². The molecule has 7 heteroatoms. The van der Waals surface area contributed by atoms with Gasteiger partial charge >= 0.3 is 0 Å². The van der Waals surface area contributed by atoms with Gasteiger partial charge in [0.15, 0.2) is 11.5 Å². The molecule has 0 aliphatic heterocycles. The van der Waals surface area contributed by atoms with E-state index in [1.54, 1.807) is 45.3 Å². The second-order valence-electron chi connectivity index (χ2n) is 6.83. The fraction of sp³-hybridized carbons (Fsp3) is 0.391. The van der Waals surface area contributed by atoms with Gasteiger partial charge in [0, 0.05) is 20.2 Å². The number of rotatable bonds is 11. The summed E-state index contributed by atoms with van der Waals surface area (Å²) in [4.78, 5) is 27.4. The van der Waals surface area contributed by atoms with Crippen LogP contribution in [0, 0.1) is 0 Å². The van der Waals surface area contributed by atoms with Crippen molar-refractivity contribution in [2.75, 3.05) is 34.5 Å². The molecule has 0 fully saturated rings. The minimum atomic E-state index is -0.630. The van der Waals surface area contributed by atoms with E-state index in [0.717, 1.165) is 11.1 Å². The van der Waals surface area contributed by atoms with E-state index in [4.69, 9.17) is 14.2 Å². The first-order chi connectivity index (χ1) is 14.5. The lowest BCUT2D eigenvalue weighted by atomic mass is 10.1.